The van der Waals surface area contributed by atoms with E-state index in [1.54, 1.807) is 6.07 Å². The van der Waals surface area contributed by atoms with Gasteiger partial charge in [0, 0.05) is 10.8 Å². The Labute approximate surface area is 237 Å². The van der Waals surface area contributed by atoms with Crippen LogP contribution < -0.4 is 10.6 Å². The van der Waals surface area contributed by atoms with E-state index in [4.69, 9.17) is 0 Å². The zero-order valence-corrected chi connectivity index (χ0v) is 23.5. The summed E-state index contributed by atoms with van der Waals surface area (Å²) in [6, 6.07) is 19.9. The lowest BCUT2D eigenvalue weighted by Crippen LogP contribution is -2.47. The number of nitrogens with one attached hydrogen (secondary N) is 2. The van der Waals surface area contributed by atoms with Crippen molar-refractivity contribution in [1.29, 1.82) is 0 Å². The van der Waals surface area contributed by atoms with E-state index < -0.39 is 29.6 Å². The molecule has 3 N–H and O–H groups in total. The molecule has 0 saturated carbocycles. The van der Waals surface area contributed by atoms with E-state index in [0.29, 0.717) is 24.0 Å². The molecule has 0 radical (unpaired) electrons. The first-order valence-corrected chi connectivity index (χ1v) is 14.3. The van der Waals surface area contributed by atoms with Crippen molar-refractivity contribution in [2.45, 2.75) is 63.9 Å². The summed E-state index contributed by atoms with van der Waals surface area (Å²) in [4.78, 5) is 36.2. The van der Waals surface area contributed by atoms with Crippen molar-refractivity contribution in [1.82, 2.24) is 20.6 Å². The molecule has 2 aromatic heterocycles. The molecule has 2 aromatic carbocycles. The van der Waals surface area contributed by atoms with Crippen molar-refractivity contribution < 1.29 is 19.1 Å². The number of aromatic nitrogens is 2. The van der Waals surface area contributed by atoms with E-state index >= 15 is 0 Å². The molecule has 0 spiro atoms. The number of nitrogens with zero attached hydrogens (tertiary/aromatic N) is 2. The Morgan fingerprint density at radius 1 is 1.02 bits per heavy atom. The maximum atomic E-state index is 14.4. The van der Waals surface area contributed by atoms with E-state index in [1.807, 2.05) is 66.0 Å². The minimum Gasteiger partial charge on any atom is -0.391 e. The summed E-state index contributed by atoms with van der Waals surface area (Å²) in [5.74, 6) is -1.36. The second-order valence-electron chi connectivity index (χ2n) is 10.6. The summed E-state index contributed by atoms with van der Waals surface area (Å²) in [5, 5.41) is 19.2. The van der Waals surface area contributed by atoms with Crippen LogP contribution in [0.2, 0.25) is 0 Å². The van der Waals surface area contributed by atoms with Crippen LogP contribution in [0.5, 0.6) is 0 Å². The number of thiophene rings is 1. The van der Waals surface area contributed by atoms with E-state index in [0.717, 1.165) is 10.4 Å². The van der Waals surface area contributed by atoms with Gasteiger partial charge < -0.3 is 15.7 Å². The first kappa shape index (κ1) is 29.3. The van der Waals surface area contributed by atoms with Crippen LogP contribution in [0.25, 0.3) is 11.0 Å². The SMILES string of the molecule is CC(C)(F)CC[C@H](C[C@H](O)[C@H](Cc1ccccc1)NC(=O)c1cnc2ccccc2n1)C(=O)NCc1cccs1. The van der Waals surface area contributed by atoms with Crippen molar-refractivity contribution >= 4 is 34.2 Å². The number of aliphatic hydroxyl groups is 1. The fraction of sp³-hybridized carbons (Fsp3) is 0.355. The highest BCUT2D eigenvalue weighted by atomic mass is 32.1. The summed E-state index contributed by atoms with van der Waals surface area (Å²) in [5.41, 5.74) is 0.857. The molecule has 0 unspecified atom stereocenters. The van der Waals surface area contributed by atoms with Gasteiger partial charge in [0.05, 0.1) is 35.9 Å². The van der Waals surface area contributed by atoms with E-state index in [-0.39, 0.29) is 30.9 Å². The molecule has 0 bridgehead atoms. The fourth-order valence-electron chi connectivity index (χ4n) is 4.52. The van der Waals surface area contributed by atoms with Crippen molar-refractivity contribution in [3.63, 3.8) is 0 Å². The Morgan fingerprint density at radius 3 is 2.45 bits per heavy atom. The summed E-state index contributed by atoms with van der Waals surface area (Å²) in [6.45, 7) is 3.33. The molecular weight excluding hydrogens is 527 g/mol. The maximum absolute atomic E-state index is 14.4. The molecule has 9 heteroatoms. The van der Waals surface area contributed by atoms with Gasteiger partial charge in [-0.3, -0.25) is 14.6 Å². The molecule has 4 rings (SSSR count). The topological polar surface area (TPSA) is 104 Å². The predicted molar refractivity (Wildman–Crippen MR) is 156 cm³/mol. The number of carbonyl (C=O) groups excluding carboxylic acids is 2. The largest absolute Gasteiger partial charge is 0.391 e. The molecular formula is C31H35FN4O3S. The summed E-state index contributed by atoms with van der Waals surface area (Å²) in [6.07, 6.45) is 1.17. The molecule has 0 fully saturated rings. The van der Waals surface area contributed by atoms with E-state index in [2.05, 4.69) is 20.6 Å². The van der Waals surface area contributed by atoms with Gasteiger partial charge in [-0.2, -0.15) is 0 Å². The van der Waals surface area contributed by atoms with Crippen LogP contribution >= 0.6 is 11.3 Å². The third-order valence-electron chi connectivity index (χ3n) is 6.76. The number of fused-ring (bicyclic) bond motifs is 1. The van der Waals surface area contributed by atoms with Gasteiger partial charge in [0.15, 0.2) is 0 Å². The van der Waals surface area contributed by atoms with Gasteiger partial charge in [-0.15, -0.1) is 11.3 Å². The van der Waals surface area contributed by atoms with Crippen molar-refractivity contribution in [3.8, 4) is 0 Å². The van der Waals surface area contributed by atoms with Crippen LogP contribution in [0.15, 0.2) is 78.3 Å². The minimum absolute atomic E-state index is 0.0630. The molecule has 2 amide bonds. The second-order valence-corrected chi connectivity index (χ2v) is 11.6. The Hall–Kier alpha value is -3.69. The lowest BCUT2D eigenvalue weighted by atomic mass is 9.87. The van der Waals surface area contributed by atoms with Crippen LogP contribution in [-0.2, 0) is 17.8 Å². The van der Waals surface area contributed by atoms with Gasteiger partial charge in [0.25, 0.3) is 5.91 Å². The molecule has 0 aliphatic heterocycles. The first-order valence-electron chi connectivity index (χ1n) is 13.4. The van der Waals surface area contributed by atoms with Crippen molar-refractivity contribution in [2.75, 3.05) is 0 Å². The number of alkyl halides is 1. The van der Waals surface area contributed by atoms with Crippen molar-refractivity contribution in [2.24, 2.45) is 5.92 Å². The molecule has 0 saturated heterocycles. The molecule has 2 heterocycles. The van der Waals surface area contributed by atoms with Gasteiger partial charge >= 0.3 is 0 Å². The van der Waals surface area contributed by atoms with Crippen LogP contribution in [0, 0.1) is 5.92 Å². The lowest BCUT2D eigenvalue weighted by Gasteiger charge is -2.28. The number of aliphatic hydroxyl groups excluding tert-OH is 1. The molecule has 3 atom stereocenters. The molecule has 4 aromatic rings. The smallest absolute Gasteiger partial charge is 0.271 e. The third kappa shape index (κ3) is 8.66. The first-order chi connectivity index (χ1) is 19.2. The van der Waals surface area contributed by atoms with Crippen molar-refractivity contribution in [3.05, 3.63) is 94.4 Å². The minimum atomic E-state index is -1.45. The number of halogens is 1. The third-order valence-corrected chi connectivity index (χ3v) is 7.64. The molecule has 40 heavy (non-hydrogen) atoms. The lowest BCUT2D eigenvalue weighted by molar-refractivity contribution is -0.126. The summed E-state index contributed by atoms with van der Waals surface area (Å²) < 4.78 is 14.4. The van der Waals surface area contributed by atoms with Gasteiger partial charge in [-0.25, -0.2) is 9.37 Å². The van der Waals surface area contributed by atoms with Gasteiger partial charge in [-0.1, -0.05) is 48.5 Å². The predicted octanol–water partition coefficient (Wildman–Crippen LogP) is 5.24. The molecule has 7 nitrogen and oxygen atoms in total. The average Bonchev–Trinajstić information content (AvgIpc) is 3.47. The van der Waals surface area contributed by atoms with Crippen LogP contribution in [0.1, 0.15) is 54.0 Å². The molecule has 0 aliphatic carbocycles. The quantitative estimate of drug-likeness (QED) is 0.207. The van der Waals surface area contributed by atoms with Crippen LogP contribution in [0.4, 0.5) is 4.39 Å². The number of carbonyl (C=O) groups is 2. The highest BCUT2D eigenvalue weighted by molar-refractivity contribution is 7.09. The van der Waals surface area contributed by atoms with Gasteiger partial charge in [0.1, 0.15) is 11.4 Å². The Kier molecular flexibility index (Phi) is 9.95. The van der Waals surface area contributed by atoms with Gasteiger partial charge in [-0.05, 0) is 68.7 Å². The Bertz CT molecular complexity index is 1390. The summed E-state index contributed by atoms with van der Waals surface area (Å²) in [7, 11) is 0. The number of amides is 2. The molecule has 0 aliphatic rings. The average molecular weight is 563 g/mol. The number of rotatable bonds is 13. The second kappa shape index (κ2) is 13.6. The van der Waals surface area contributed by atoms with Crippen LogP contribution in [0.3, 0.4) is 0 Å². The van der Waals surface area contributed by atoms with E-state index in [9.17, 15) is 19.1 Å². The number of para-hydroxylation sites is 2. The fourth-order valence-corrected chi connectivity index (χ4v) is 5.17. The number of hydrogen-bond acceptors (Lipinski definition) is 6. The Morgan fingerprint density at radius 2 is 1.75 bits per heavy atom. The number of benzene rings is 2. The van der Waals surface area contributed by atoms with Gasteiger partial charge in [0.2, 0.25) is 5.91 Å². The standard InChI is InChI=1S/C31H35FN4O3S/c1-31(2,32)15-14-22(29(38)34-19-23-11-8-16-40-23)18-28(37)26(17-21-9-4-3-5-10-21)36-30(39)27-20-33-24-12-6-7-13-25(24)35-27/h3-13,16,20,22,26,28,37H,14-15,17-19H2,1-2H3,(H,34,38)(H,36,39)/t22-,26+,28+/m1/s1. The summed E-state index contributed by atoms with van der Waals surface area (Å²) >= 11 is 1.54. The monoisotopic (exact) mass is 562 g/mol. The normalized spacial score (nSPS) is 13.9. The Balaban J connectivity index is 1.51. The highest BCUT2D eigenvalue weighted by Crippen LogP contribution is 2.25. The molecule has 210 valence electrons. The maximum Gasteiger partial charge on any atom is 0.271 e. The number of hydrogen-bond donors (Lipinski definition) is 3. The van der Waals surface area contributed by atoms with Crippen LogP contribution in [-0.4, -0.2) is 44.7 Å². The zero-order valence-electron chi connectivity index (χ0n) is 22.7. The highest BCUT2D eigenvalue weighted by Gasteiger charge is 2.30. The zero-order chi connectivity index (χ0) is 28.5. The van der Waals surface area contributed by atoms with E-state index in [1.165, 1.54) is 31.4 Å².